The molecule has 4 aromatic rings. The van der Waals surface area contributed by atoms with Crippen molar-refractivity contribution in [2.45, 2.75) is 10.8 Å². The summed E-state index contributed by atoms with van der Waals surface area (Å²) in [4.78, 5) is 31.6. The second kappa shape index (κ2) is 8.53. The average Bonchev–Trinajstić information content (AvgIpc) is 3.41. The maximum Gasteiger partial charge on any atom is 0.255 e. The molecule has 31 heavy (non-hydrogen) atoms. The molecule has 1 aromatic heterocycles. The Labute approximate surface area is 188 Å². The van der Waals surface area contributed by atoms with E-state index in [9.17, 15) is 9.59 Å². The van der Waals surface area contributed by atoms with Crippen molar-refractivity contribution in [1.82, 2.24) is 4.98 Å². The highest BCUT2D eigenvalue weighted by Crippen LogP contribution is 2.33. The third-order valence-electron chi connectivity index (χ3n) is 5.17. The van der Waals surface area contributed by atoms with Gasteiger partial charge in [-0.2, -0.15) is 0 Å². The number of benzene rings is 3. The molecule has 0 radical (unpaired) electrons. The molecule has 0 unspecified atom stereocenters. The van der Waals surface area contributed by atoms with Crippen LogP contribution in [0.1, 0.15) is 15.9 Å². The molecule has 0 saturated carbocycles. The van der Waals surface area contributed by atoms with Crippen molar-refractivity contribution in [3.05, 3.63) is 83.9 Å². The van der Waals surface area contributed by atoms with Crippen molar-refractivity contribution in [2.24, 2.45) is 0 Å². The molecule has 0 saturated heterocycles. The van der Waals surface area contributed by atoms with Crippen LogP contribution in [-0.4, -0.2) is 29.1 Å². The van der Waals surface area contributed by atoms with E-state index in [1.165, 1.54) is 28.7 Å². The number of nitrogens with one attached hydrogen (secondary N) is 1. The van der Waals surface area contributed by atoms with E-state index in [1.807, 2.05) is 59.5 Å². The topological polar surface area (TPSA) is 62.3 Å². The Morgan fingerprint density at radius 2 is 1.84 bits per heavy atom. The first-order valence-electron chi connectivity index (χ1n) is 9.95. The first kappa shape index (κ1) is 19.8. The number of aromatic nitrogens is 1. The molecule has 3 aromatic carbocycles. The van der Waals surface area contributed by atoms with Crippen LogP contribution in [0.25, 0.3) is 10.2 Å². The zero-order chi connectivity index (χ0) is 21.2. The van der Waals surface area contributed by atoms with Crippen molar-refractivity contribution in [3.8, 4) is 0 Å². The zero-order valence-corrected chi connectivity index (χ0v) is 18.2. The number of hydrogen-bond donors (Lipinski definition) is 1. The smallest absolute Gasteiger partial charge is 0.255 e. The van der Waals surface area contributed by atoms with Gasteiger partial charge in [-0.1, -0.05) is 48.2 Å². The fourth-order valence-electron chi connectivity index (χ4n) is 3.63. The number of hydrogen-bond acceptors (Lipinski definition) is 5. The highest BCUT2D eigenvalue weighted by molar-refractivity contribution is 8.01. The maximum absolute atomic E-state index is 12.7. The fraction of sp³-hybridized carbons (Fsp3) is 0.125. The minimum absolute atomic E-state index is 0.102. The lowest BCUT2D eigenvalue weighted by Crippen LogP contribution is -2.30. The van der Waals surface area contributed by atoms with Crippen LogP contribution >= 0.6 is 23.1 Å². The monoisotopic (exact) mass is 445 g/mol. The van der Waals surface area contributed by atoms with Crippen LogP contribution < -0.4 is 10.2 Å². The first-order chi connectivity index (χ1) is 15.2. The number of thiazole rings is 1. The number of carbonyl (C=O) groups is 2. The molecule has 0 aliphatic carbocycles. The van der Waals surface area contributed by atoms with E-state index in [2.05, 4.69) is 16.4 Å². The molecule has 1 aliphatic rings. The van der Waals surface area contributed by atoms with E-state index in [0.29, 0.717) is 11.3 Å². The molecule has 1 aliphatic heterocycles. The molecule has 2 amide bonds. The number of amides is 2. The van der Waals surface area contributed by atoms with Gasteiger partial charge in [0.15, 0.2) is 4.34 Å². The van der Waals surface area contributed by atoms with Crippen LogP contribution in [0.5, 0.6) is 0 Å². The lowest BCUT2D eigenvalue weighted by Gasteiger charge is -2.16. The Kier molecular flexibility index (Phi) is 5.44. The molecule has 5 rings (SSSR count). The number of anilines is 2. The summed E-state index contributed by atoms with van der Waals surface area (Å²) in [6, 6.07) is 22.9. The van der Waals surface area contributed by atoms with Gasteiger partial charge in [-0.25, -0.2) is 4.98 Å². The van der Waals surface area contributed by atoms with E-state index >= 15 is 0 Å². The standard InChI is InChI=1S/C24H19N3O2S2/c28-22(27-13-12-16-6-4-5-9-20(16)27)15-30-24-26-19-11-10-18(14-21(19)31-24)25-23(29)17-7-2-1-3-8-17/h1-11,14H,12-13,15H2,(H,25,29). The van der Waals surface area contributed by atoms with Gasteiger partial charge in [0.25, 0.3) is 5.91 Å². The van der Waals surface area contributed by atoms with Crippen molar-refractivity contribution in [1.29, 1.82) is 0 Å². The van der Waals surface area contributed by atoms with Gasteiger partial charge in [-0.15, -0.1) is 11.3 Å². The maximum atomic E-state index is 12.7. The number of nitrogens with zero attached hydrogens (tertiary/aromatic N) is 2. The summed E-state index contributed by atoms with van der Waals surface area (Å²) in [7, 11) is 0. The molecule has 154 valence electrons. The third kappa shape index (κ3) is 4.19. The van der Waals surface area contributed by atoms with E-state index in [1.54, 1.807) is 12.1 Å². The van der Waals surface area contributed by atoms with Gasteiger partial charge in [-0.3, -0.25) is 9.59 Å². The normalized spacial score (nSPS) is 12.7. The summed E-state index contributed by atoms with van der Waals surface area (Å²) < 4.78 is 1.83. The summed E-state index contributed by atoms with van der Waals surface area (Å²) >= 11 is 3.00. The molecular weight excluding hydrogens is 426 g/mol. The van der Waals surface area contributed by atoms with Crippen molar-refractivity contribution >= 4 is 56.5 Å². The van der Waals surface area contributed by atoms with Crippen molar-refractivity contribution in [3.63, 3.8) is 0 Å². The van der Waals surface area contributed by atoms with E-state index in [0.717, 1.165) is 38.9 Å². The number of fused-ring (bicyclic) bond motifs is 2. The highest BCUT2D eigenvalue weighted by Gasteiger charge is 2.24. The molecule has 5 nitrogen and oxygen atoms in total. The van der Waals surface area contributed by atoms with Gasteiger partial charge in [0, 0.05) is 23.5 Å². The van der Waals surface area contributed by atoms with Crippen LogP contribution in [0.4, 0.5) is 11.4 Å². The lowest BCUT2D eigenvalue weighted by molar-refractivity contribution is -0.116. The van der Waals surface area contributed by atoms with Crippen LogP contribution in [0.15, 0.2) is 77.1 Å². The van der Waals surface area contributed by atoms with Crippen molar-refractivity contribution in [2.75, 3.05) is 22.5 Å². The van der Waals surface area contributed by atoms with Crippen LogP contribution in [-0.2, 0) is 11.2 Å². The molecule has 0 spiro atoms. The van der Waals surface area contributed by atoms with E-state index in [4.69, 9.17) is 0 Å². The molecule has 2 heterocycles. The number of rotatable bonds is 5. The average molecular weight is 446 g/mol. The van der Waals surface area contributed by atoms with Gasteiger partial charge >= 0.3 is 0 Å². The number of thioether (sulfide) groups is 1. The lowest BCUT2D eigenvalue weighted by atomic mass is 10.2. The zero-order valence-electron chi connectivity index (χ0n) is 16.6. The predicted octanol–water partition coefficient (Wildman–Crippen LogP) is 5.23. The first-order valence-corrected chi connectivity index (χ1v) is 11.8. The Bertz CT molecular complexity index is 1270. The Morgan fingerprint density at radius 1 is 1.03 bits per heavy atom. The van der Waals surface area contributed by atoms with E-state index < -0.39 is 0 Å². The number of para-hydroxylation sites is 1. The second-order valence-electron chi connectivity index (χ2n) is 7.20. The largest absolute Gasteiger partial charge is 0.322 e. The molecule has 0 atom stereocenters. The van der Waals surface area contributed by atoms with Crippen LogP contribution in [0.3, 0.4) is 0 Å². The summed E-state index contributed by atoms with van der Waals surface area (Å²) in [5.41, 5.74) is 4.46. The summed E-state index contributed by atoms with van der Waals surface area (Å²) in [6.07, 6.45) is 0.908. The minimum atomic E-state index is -0.143. The minimum Gasteiger partial charge on any atom is -0.322 e. The summed E-state index contributed by atoms with van der Waals surface area (Å²) in [5.74, 6) is 0.312. The molecule has 7 heteroatoms. The number of carbonyl (C=O) groups excluding carboxylic acids is 2. The SMILES string of the molecule is O=C(Nc1ccc2nc(SCC(=O)N3CCc4ccccc43)sc2c1)c1ccccc1. The quantitative estimate of drug-likeness (QED) is 0.427. The highest BCUT2D eigenvalue weighted by atomic mass is 32.2. The fourth-order valence-corrected chi connectivity index (χ4v) is 5.62. The van der Waals surface area contributed by atoms with Gasteiger partial charge in [0.05, 0.1) is 16.0 Å². The molecule has 0 fully saturated rings. The van der Waals surface area contributed by atoms with Gasteiger partial charge in [0.1, 0.15) is 0 Å². The Hall–Kier alpha value is -3.16. The third-order valence-corrected chi connectivity index (χ3v) is 7.32. The van der Waals surface area contributed by atoms with E-state index in [-0.39, 0.29) is 11.8 Å². The predicted molar refractivity (Wildman–Crippen MR) is 127 cm³/mol. The molecule has 1 N–H and O–H groups in total. The molecular formula is C24H19N3O2S2. The molecule has 0 bridgehead atoms. The summed E-state index contributed by atoms with van der Waals surface area (Å²) in [5, 5.41) is 2.93. The van der Waals surface area contributed by atoms with Crippen LogP contribution in [0.2, 0.25) is 0 Å². The summed E-state index contributed by atoms with van der Waals surface area (Å²) in [6.45, 7) is 0.739. The Balaban J connectivity index is 1.25. The van der Waals surface area contributed by atoms with Crippen molar-refractivity contribution < 1.29 is 9.59 Å². The Morgan fingerprint density at radius 3 is 2.71 bits per heavy atom. The van der Waals surface area contributed by atoms with Gasteiger partial charge < -0.3 is 10.2 Å². The van der Waals surface area contributed by atoms with Crippen LogP contribution in [0, 0.1) is 0 Å². The second-order valence-corrected chi connectivity index (χ2v) is 9.45. The van der Waals surface area contributed by atoms with Gasteiger partial charge in [-0.05, 0) is 48.4 Å². The van der Waals surface area contributed by atoms with Gasteiger partial charge in [0.2, 0.25) is 5.91 Å².